The fourth-order valence-electron chi connectivity index (χ4n) is 6.85. The van der Waals surface area contributed by atoms with E-state index in [2.05, 4.69) is 4.90 Å². The minimum Gasteiger partial charge on any atom is -0.496 e. The Morgan fingerprint density at radius 3 is 2.18 bits per heavy atom. The molecule has 1 N–H and O–H groups in total. The maximum absolute atomic E-state index is 13.6. The number of halogens is 6. The molecule has 2 aromatic carbocycles. The molecule has 0 radical (unpaired) electrons. The maximum Gasteiger partial charge on any atom is 0.416 e. The SMILES string of the molecule is COC(=O)CC1CC(c2ccc(OC)c(-c3ccc(N4CCC4)nc3CN3C(O)O[C@H](c4cc(C(F)(F)F)cc(C(F)(F)F)c4)[C@@H]3C)c2)C1. The van der Waals surface area contributed by atoms with E-state index in [1.807, 2.05) is 30.3 Å². The van der Waals surface area contributed by atoms with Gasteiger partial charge in [-0.15, -0.1) is 0 Å². The molecule has 1 saturated carbocycles. The van der Waals surface area contributed by atoms with Crippen LogP contribution in [0.25, 0.3) is 11.1 Å². The van der Waals surface area contributed by atoms with Gasteiger partial charge in [-0.25, -0.2) is 9.88 Å². The summed E-state index contributed by atoms with van der Waals surface area (Å²) >= 11 is 0. The van der Waals surface area contributed by atoms with Gasteiger partial charge >= 0.3 is 18.3 Å². The zero-order valence-electron chi connectivity index (χ0n) is 27.1. The third-order valence-electron chi connectivity index (χ3n) is 9.83. The zero-order chi connectivity index (χ0) is 35.2. The number of methoxy groups -OCH3 is 2. The van der Waals surface area contributed by atoms with E-state index >= 15 is 0 Å². The Bertz CT molecular complexity index is 1660. The minimum atomic E-state index is -5.03. The largest absolute Gasteiger partial charge is 0.496 e. The topological polar surface area (TPSA) is 84.4 Å². The van der Waals surface area contributed by atoms with Gasteiger partial charge in [0.05, 0.1) is 31.0 Å². The predicted molar refractivity (Wildman–Crippen MR) is 166 cm³/mol. The molecule has 0 spiro atoms. The van der Waals surface area contributed by atoms with Crippen molar-refractivity contribution in [3.05, 3.63) is 76.5 Å². The van der Waals surface area contributed by atoms with Crippen molar-refractivity contribution in [3.63, 3.8) is 0 Å². The number of aliphatic hydroxyl groups is 1. The van der Waals surface area contributed by atoms with Gasteiger partial charge in [0.25, 0.3) is 0 Å². The molecule has 14 heteroatoms. The van der Waals surface area contributed by atoms with Crippen molar-refractivity contribution in [1.29, 1.82) is 0 Å². The second-order valence-corrected chi connectivity index (χ2v) is 12.9. The van der Waals surface area contributed by atoms with Gasteiger partial charge in [0, 0.05) is 43.2 Å². The van der Waals surface area contributed by atoms with Gasteiger partial charge in [-0.2, -0.15) is 26.3 Å². The highest BCUT2D eigenvalue weighted by atomic mass is 19.4. The number of aromatic nitrogens is 1. The number of aliphatic hydroxyl groups excluding tert-OH is 1. The number of benzene rings is 2. The molecule has 3 atom stereocenters. The molecule has 264 valence electrons. The van der Waals surface area contributed by atoms with Crippen LogP contribution >= 0.6 is 0 Å². The van der Waals surface area contributed by atoms with Crippen molar-refractivity contribution in [3.8, 4) is 16.9 Å². The molecule has 6 rings (SSSR count). The number of hydrogen-bond donors (Lipinski definition) is 1. The Kier molecular flexibility index (Phi) is 9.59. The van der Waals surface area contributed by atoms with Crippen molar-refractivity contribution in [2.75, 3.05) is 32.2 Å². The van der Waals surface area contributed by atoms with E-state index in [0.717, 1.165) is 43.5 Å². The van der Waals surface area contributed by atoms with E-state index in [9.17, 15) is 36.2 Å². The Balaban J connectivity index is 1.33. The van der Waals surface area contributed by atoms with Crippen LogP contribution in [0.2, 0.25) is 0 Å². The maximum atomic E-state index is 13.6. The Hall–Kier alpha value is -3.88. The molecule has 0 bridgehead atoms. The van der Waals surface area contributed by atoms with Crippen molar-refractivity contribution >= 4 is 11.8 Å². The molecule has 0 amide bonds. The molecule has 1 aromatic heterocycles. The van der Waals surface area contributed by atoms with E-state index < -0.39 is 42.0 Å². The summed E-state index contributed by atoms with van der Waals surface area (Å²) in [5.74, 6) is 1.49. The van der Waals surface area contributed by atoms with Crippen molar-refractivity contribution < 1.29 is 50.5 Å². The number of alkyl halides is 6. The van der Waals surface area contributed by atoms with Gasteiger partial charge in [0.1, 0.15) is 17.7 Å². The van der Waals surface area contributed by atoms with Crippen LogP contribution in [0.15, 0.2) is 48.5 Å². The summed E-state index contributed by atoms with van der Waals surface area (Å²) in [5, 5.41) is 11.0. The Morgan fingerprint density at radius 1 is 0.939 bits per heavy atom. The summed E-state index contributed by atoms with van der Waals surface area (Å²) in [6, 6.07) is 10.2. The number of esters is 1. The van der Waals surface area contributed by atoms with Crippen LogP contribution in [0.4, 0.5) is 32.2 Å². The molecule has 3 heterocycles. The Morgan fingerprint density at radius 2 is 1.61 bits per heavy atom. The molecule has 1 aliphatic carbocycles. The monoisotopic (exact) mass is 693 g/mol. The first kappa shape index (κ1) is 35.0. The highest BCUT2D eigenvalue weighted by Gasteiger charge is 2.43. The number of ether oxygens (including phenoxy) is 3. The number of rotatable bonds is 9. The summed E-state index contributed by atoms with van der Waals surface area (Å²) in [4.78, 5) is 20.2. The van der Waals surface area contributed by atoms with Crippen LogP contribution in [-0.4, -0.2) is 60.7 Å². The van der Waals surface area contributed by atoms with Crippen molar-refractivity contribution in [2.24, 2.45) is 5.92 Å². The van der Waals surface area contributed by atoms with Crippen LogP contribution in [-0.2, 0) is 33.2 Å². The van der Waals surface area contributed by atoms with Crippen LogP contribution in [0.3, 0.4) is 0 Å². The molecule has 1 unspecified atom stereocenters. The normalized spacial score (nSPS) is 24.4. The molecular weight excluding hydrogens is 656 g/mol. The first-order valence-corrected chi connectivity index (χ1v) is 16.0. The van der Waals surface area contributed by atoms with Gasteiger partial charge in [0.15, 0.2) is 0 Å². The van der Waals surface area contributed by atoms with Crippen molar-refractivity contribution in [1.82, 2.24) is 9.88 Å². The second-order valence-electron chi connectivity index (χ2n) is 12.9. The average Bonchev–Trinajstić information content (AvgIpc) is 3.29. The highest BCUT2D eigenvalue weighted by molar-refractivity contribution is 5.75. The van der Waals surface area contributed by atoms with Gasteiger partial charge in [0.2, 0.25) is 6.41 Å². The highest BCUT2D eigenvalue weighted by Crippen LogP contribution is 2.47. The standard InChI is InChI=1S/C35H37F6N3O5/c1-19-32(23-14-24(34(36,37)38)17-25(15-23)35(39,40)41)49-33(46)44(19)18-28-26(6-8-30(42-28)43-9-4-10-43)27-16-21(5-7-29(27)47-2)22-11-20(12-22)13-31(45)48-3/h5-8,14-17,19-20,22,32-33,46H,4,9-13,18H2,1-3H3/t19-,20?,22?,32-,33?/m0/s1. The summed E-state index contributed by atoms with van der Waals surface area (Å²) in [6.07, 6.45) is -9.98. The summed E-state index contributed by atoms with van der Waals surface area (Å²) < 4.78 is 98.1. The fourth-order valence-corrected chi connectivity index (χ4v) is 6.85. The second kappa shape index (κ2) is 13.4. The molecule has 2 aliphatic heterocycles. The molecule has 2 saturated heterocycles. The predicted octanol–water partition coefficient (Wildman–Crippen LogP) is 7.30. The summed E-state index contributed by atoms with van der Waals surface area (Å²) in [6.45, 7) is 3.17. The molecular formula is C35H37F6N3O5. The smallest absolute Gasteiger partial charge is 0.416 e. The lowest BCUT2D eigenvalue weighted by molar-refractivity contribution is -0.154. The molecule has 49 heavy (non-hydrogen) atoms. The lowest BCUT2D eigenvalue weighted by Gasteiger charge is -2.35. The average molecular weight is 694 g/mol. The molecule has 8 nitrogen and oxygen atoms in total. The number of carbonyl (C=O) groups is 1. The third kappa shape index (κ3) is 7.22. The lowest BCUT2D eigenvalue weighted by Crippen LogP contribution is -2.38. The molecule has 3 fully saturated rings. The number of hydrogen-bond acceptors (Lipinski definition) is 8. The number of nitrogens with zero attached hydrogens (tertiary/aromatic N) is 3. The Labute approximate surface area is 279 Å². The first-order chi connectivity index (χ1) is 23.2. The fraction of sp³-hybridized carbons (Fsp3) is 0.486. The third-order valence-corrected chi connectivity index (χ3v) is 9.83. The zero-order valence-corrected chi connectivity index (χ0v) is 27.1. The minimum absolute atomic E-state index is 0.0288. The van der Waals surface area contributed by atoms with E-state index in [4.69, 9.17) is 19.2 Å². The number of carbonyl (C=O) groups excluding carboxylic acids is 1. The van der Waals surface area contributed by atoms with Crippen LogP contribution in [0, 0.1) is 5.92 Å². The van der Waals surface area contributed by atoms with E-state index in [1.165, 1.54) is 12.0 Å². The van der Waals surface area contributed by atoms with E-state index in [1.54, 1.807) is 14.0 Å². The first-order valence-electron chi connectivity index (χ1n) is 16.0. The van der Waals surface area contributed by atoms with Crippen LogP contribution < -0.4 is 9.64 Å². The summed E-state index contributed by atoms with van der Waals surface area (Å²) in [7, 11) is 2.92. The molecule has 3 aliphatic rings. The van der Waals surface area contributed by atoms with E-state index in [0.29, 0.717) is 41.4 Å². The van der Waals surface area contributed by atoms with Gasteiger partial charge < -0.3 is 24.2 Å². The summed E-state index contributed by atoms with van der Waals surface area (Å²) in [5.41, 5.74) is -0.260. The van der Waals surface area contributed by atoms with Crippen LogP contribution in [0.1, 0.15) is 72.6 Å². The quantitative estimate of drug-likeness (QED) is 0.185. The molecule has 3 aromatic rings. The van der Waals surface area contributed by atoms with E-state index in [-0.39, 0.29) is 36.0 Å². The van der Waals surface area contributed by atoms with Gasteiger partial charge in [-0.1, -0.05) is 6.07 Å². The van der Waals surface area contributed by atoms with Gasteiger partial charge in [-0.3, -0.25) is 4.79 Å². The number of pyridine rings is 1. The van der Waals surface area contributed by atoms with Crippen LogP contribution in [0.5, 0.6) is 5.75 Å². The lowest BCUT2D eigenvalue weighted by atomic mass is 9.70. The van der Waals surface area contributed by atoms with Crippen molar-refractivity contribution in [2.45, 2.75) is 76.0 Å². The van der Waals surface area contributed by atoms with Gasteiger partial charge in [-0.05, 0) is 91.6 Å². The number of anilines is 1.